The van der Waals surface area contributed by atoms with Crippen molar-refractivity contribution < 1.29 is 9.59 Å². The summed E-state index contributed by atoms with van der Waals surface area (Å²) in [6.07, 6.45) is 1.16. The zero-order valence-corrected chi connectivity index (χ0v) is 15.4. The normalized spacial score (nSPS) is 19.4. The van der Waals surface area contributed by atoms with Gasteiger partial charge in [-0.3, -0.25) is 9.59 Å². The molecule has 0 aromatic heterocycles. The molecule has 2 aliphatic rings. The minimum absolute atomic E-state index is 0.0950. The summed E-state index contributed by atoms with van der Waals surface area (Å²) in [6, 6.07) is 18.3. The molecule has 0 unspecified atom stereocenters. The fourth-order valence-corrected chi connectivity index (χ4v) is 3.95. The molecule has 0 saturated carbocycles. The summed E-state index contributed by atoms with van der Waals surface area (Å²) in [5.41, 5.74) is 3.45. The van der Waals surface area contributed by atoms with Gasteiger partial charge in [0.15, 0.2) is 0 Å². The first-order valence-electron chi connectivity index (χ1n) is 9.63. The molecule has 0 spiro atoms. The number of nitrogens with zero attached hydrogens (tertiary/aromatic N) is 2. The Bertz CT molecular complexity index is 821. The molecule has 2 heterocycles. The predicted octanol–water partition coefficient (Wildman–Crippen LogP) is 2.53. The van der Waals surface area contributed by atoms with E-state index in [2.05, 4.69) is 23.5 Å². The van der Waals surface area contributed by atoms with E-state index < -0.39 is 0 Å². The number of likely N-dealkylation sites (tertiary alicyclic amines) is 1. The highest BCUT2D eigenvalue weighted by molar-refractivity contribution is 5.89. The van der Waals surface area contributed by atoms with Crippen LogP contribution in [0.5, 0.6) is 0 Å². The number of carbonyl (C=O) groups excluding carboxylic acids is 2. The highest BCUT2D eigenvalue weighted by Gasteiger charge is 2.36. The number of amides is 2. The Kier molecular flexibility index (Phi) is 5.10. The van der Waals surface area contributed by atoms with Crippen LogP contribution in [0.3, 0.4) is 0 Å². The van der Waals surface area contributed by atoms with E-state index in [0.717, 1.165) is 24.2 Å². The average molecular weight is 363 g/mol. The number of hydrogen-bond acceptors (Lipinski definition) is 3. The molecule has 4 rings (SSSR count). The first-order valence-corrected chi connectivity index (χ1v) is 9.63. The van der Waals surface area contributed by atoms with Gasteiger partial charge in [-0.25, -0.2) is 0 Å². The van der Waals surface area contributed by atoms with E-state index in [1.807, 2.05) is 46.2 Å². The third kappa shape index (κ3) is 3.97. The summed E-state index contributed by atoms with van der Waals surface area (Å²) in [7, 11) is 0. The van der Waals surface area contributed by atoms with Crippen LogP contribution in [-0.2, 0) is 22.6 Å². The van der Waals surface area contributed by atoms with Gasteiger partial charge in [0.05, 0.1) is 5.92 Å². The minimum Gasteiger partial charge on any atom is -0.383 e. The second kappa shape index (κ2) is 7.82. The van der Waals surface area contributed by atoms with Gasteiger partial charge in [-0.05, 0) is 23.6 Å². The van der Waals surface area contributed by atoms with Gasteiger partial charge in [0, 0.05) is 44.8 Å². The van der Waals surface area contributed by atoms with Crippen LogP contribution in [0.2, 0.25) is 0 Å². The SMILES string of the molecule is O=C1C[C@H](C(=O)N2CCNc3ccccc3C2)CN1CCc1ccccc1. The monoisotopic (exact) mass is 363 g/mol. The smallest absolute Gasteiger partial charge is 0.228 e. The lowest BCUT2D eigenvalue weighted by molar-refractivity contribution is -0.136. The third-order valence-electron chi connectivity index (χ3n) is 5.46. The average Bonchev–Trinajstić information content (AvgIpc) is 2.94. The Morgan fingerprint density at radius 3 is 2.70 bits per heavy atom. The number of hydrogen-bond donors (Lipinski definition) is 1. The predicted molar refractivity (Wildman–Crippen MR) is 105 cm³/mol. The molecule has 1 fully saturated rings. The molecular weight excluding hydrogens is 338 g/mol. The summed E-state index contributed by atoms with van der Waals surface area (Å²) < 4.78 is 0. The van der Waals surface area contributed by atoms with Gasteiger partial charge in [0.25, 0.3) is 0 Å². The highest BCUT2D eigenvalue weighted by atomic mass is 16.2. The molecule has 2 aromatic carbocycles. The molecule has 27 heavy (non-hydrogen) atoms. The van der Waals surface area contributed by atoms with E-state index in [9.17, 15) is 9.59 Å². The quantitative estimate of drug-likeness (QED) is 0.908. The summed E-state index contributed by atoms with van der Waals surface area (Å²) in [4.78, 5) is 29.2. The van der Waals surface area contributed by atoms with Crippen LogP contribution in [0.15, 0.2) is 54.6 Å². The number of nitrogens with one attached hydrogen (secondary N) is 1. The first kappa shape index (κ1) is 17.6. The second-order valence-electron chi connectivity index (χ2n) is 7.32. The van der Waals surface area contributed by atoms with E-state index in [1.54, 1.807) is 0 Å². The minimum atomic E-state index is -0.224. The van der Waals surface area contributed by atoms with Gasteiger partial charge >= 0.3 is 0 Å². The fourth-order valence-electron chi connectivity index (χ4n) is 3.95. The molecule has 5 nitrogen and oxygen atoms in total. The van der Waals surface area contributed by atoms with E-state index in [0.29, 0.717) is 32.6 Å². The summed E-state index contributed by atoms with van der Waals surface area (Å²) in [5.74, 6) is -0.0276. The molecule has 1 N–H and O–H groups in total. The Morgan fingerprint density at radius 1 is 1.07 bits per heavy atom. The Labute approximate surface area is 160 Å². The molecule has 1 atom stereocenters. The van der Waals surface area contributed by atoms with Crippen molar-refractivity contribution in [3.63, 3.8) is 0 Å². The maximum atomic E-state index is 13.0. The van der Waals surface area contributed by atoms with Crippen molar-refractivity contribution in [2.75, 3.05) is 31.5 Å². The van der Waals surface area contributed by atoms with Crippen molar-refractivity contribution in [2.24, 2.45) is 5.92 Å². The van der Waals surface area contributed by atoms with Gasteiger partial charge in [-0.1, -0.05) is 48.5 Å². The molecule has 140 valence electrons. The van der Waals surface area contributed by atoms with Gasteiger partial charge in [-0.2, -0.15) is 0 Å². The molecule has 0 radical (unpaired) electrons. The van der Waals surface area contributed by atoms with E-state index in [4.69, 9.17) is 0 Å². The van der Waals surface area contributed by atoms with Crippen LogP contribution >= 0.6 is 0 Å². The van der Waals surface area contributed by atoms with E-state index >= 15 is 0 Å². The van der Waals surface area contributed by atoms with Gasteiger partial charge in [0.2, 0.25) is 11.8 Å². The van der Waals surface area contributed by atoms with Crippen molar-refractivity contribution in [1.82, 2.24) is 9.80 Å². The largest absolute Gasteiger partial charge is 0.383 e. The van der Waals surface area contributed by atoms with E-state index in [1.165, 1.54) is 5.56 Å². The summed E-state index contributed by atoms with van der Waals surface area (Å²) >= 11 is 0. The Balaban J connectivity index is 1.37. The molecule has 0 aliphatic carbocycles. The summed E-state index contributed by atoms with van der Waals surface area (Å²) in [6.45, 7) is 3.23. The zero-order valence-electron chi connectivity index (χ0n) is 15.4. The van der Waals surface area contributed by atoms with E-state index in [-0.39, 0.29) is 17.7 Å². The number of fused-ring (bicyclic) bond motifs is 1. The fraction of sp³-hybridized carbons (Fsp3) is 0.364. The van der Waals surface area contributed by atoms with Crippen molar-refractivity contribution in [1.29, 1.82) is 0 Å². The lowest BCUT2D eigenvalue weighted by Gasteiger charge is -2.24. The van der Waals surface area contributed by atoms with Crippen LogP contribution in [0.4, 0.5) is 5.69 Å². The highest BCUT2D eigenvalue weighted by Crippen LogP contribution is 2.25. The summed E-state index contributed by atoms with van der Waals surface area (Å²) in [5, 5.41) is 3.39. The second-order valence-corrected chi connectivity index (χ2v) is 7.32. The maximum Gasteiger partial charge on any atom is 0.228 e. The maximum absolute atomic E-state index is 13.0. The Morgan fingerprint density at radius 2 is 1.85 bits per heavy atom. The molecule has 0 bridgehead atoms. The number of rotatable bonds is 4. The molecule has 1 saturated heterocycles. The van der Waals surface area contributed by atoms with Crippen molar-refractivity contribution in [3.05, 3.63) is 65.7 Å². The first-order chi connectivity index (χ1) is 13.2. The van der Waals surface area contributed by atoms with Crippen LogP contribution in [0, 0.1) is 5.92 Å². The number of anilines is 1. The molecule has 2 aliphatic heterocycles. The van der Waals surface area contributed by atoms with Crippen LogP contribution < -0.4 is 5.32 Å². The zero-order chi connectivity index (χ0) is 18.6. The molecule has 2 aromatic rings. The number of benzene rings is 2. The molecule has 5 heteroatoms. The van der Waals surface area contributed by atoms with Crippen molar-refractivity contribution in [3.8, 4) is 0 Å². The number of para-hydroxylation sites is 1. The topological polar surface area (TPSA) is 52.7 Å². The molecule has 2 amide bonds. The van der Waals surface area contributed by atoms with Gasteiger partial charge in [-0.15, -0.1) is 0 Å². The standard InChI is InChI=1S/C22H25N3O2/c26-21-14-19(16-24(21)12-10-17-6-2-1-3-7-17)22(27)25-13-11-23-20-9-5-4-8-18(20)15-25/h1-9,19,23H,10-16H2/t19-/m0/s1. The lowest BCUT2D eigenvalue weighted by atomic mass is 10.1. The lowest BCUT2D eigenvalue weighted by Crippen LogP contribution is -2.38. The van der Waals surface area contributed by atoms with Crippen molar-refractivity contribution >= 4 is 17.5 Å². The van der Waals surface area contributed by atoms with Crippen LogP contribution in [0.1, 0.15) is 17.5 Å². The van der Waals surface area contributed by atoms with Gasteiger partial charge < -0.3 is 15.1 Å². The number of carbonyl (C=O) groups is 2. The molecular formula is C22H25N3O2. The Hall–Kier alpha value is -2.82. The van der Waals surface area contributed by atoms with Crippen molar-refractivity contribution in [2.45, 2.75) is 19.4 Å². The van der Waals surface area contributed by atoms with Crippen LogP contribution in [-0.4, -0.2) is 47.8 Å². The third-order valence-corrected chi connectivity index (χ3v) is 5.46. The van der Waals surface area contributed by atoms with Gasteiger partial charge in [0.1, 0.15) is 0 Å². The van der Waals surface area contributed by atoms with Crippen LogP contribution in [0.25, 0.3) is 0 Å².